The largest absolute Gasteiger partial charge is 0.489 e. The number of nitrogen functional groups attached to an aromatic ring is 1. The van der Waals surface area contributed by atoms with E-state index in [1.165, 1.54) is 11.0 Å². The summed E-state index contributed by atoms with van der Waals surface area (Å²) >= 11 is 7.84. The fraction of sp³-hybridized carbons (Fsp3) is 0.343. The lowest BCUT2D eigenvalue weighted by molar-refractivity contribution is 0.107. The fourth-order valence-electron chi connectivity index (χ4n) is 7.75. The first-order valence-corrected chi connectivity index (χ1v) is 17.2. The van der Waals surface area contributed by atoms with Crippen LogP contribution in [0.4, 0.5) is 32.8 Å². The van der Waals surface area contributed by atoms with Gasteiger partial charge < -0.3 is 20.1 Å². The van der Waals surface area contributed by atoms with Crippen LogP contribution in [0.15, 0.2) is 42.5 Å². The SMILES string of the molecule is N#Cc1c(N)sc2c(F)ccc(-c3c(Cl)c4c5c(nc(OC[C@@]67CCCN6C[C@H](F)C7)nc5c3F)N(CC(F)F)[C@@H](c3ccccc3)CO4)c12. The van der Waals surface area contributed by atoms with E-state index in [0.717, 1.165) is 23.8 Å². The third-order valence-corrected chi connectivity index (χ3v) is 11.3. The molecule has 0 bridgehead atoms. The molecule has 5 aromatic rings. The maximum atomic E-state index is 17.2. The highest BCUT2D eigenvalue weighted by Crippen LogP contribution is 2.52. The van der Waals surface area contributed by atoms with Crippen LogP contribution in [0.3, 0.4) is 0 Å². The van der Waals surface area contributed by atoms with Gasteiger partial charge in [0.2, 0.25) is 0 Å². The number of benzene rings is 3. The van der Waals surface area contributed by atoms with Gasteiger partial charge in [0, 0.05) is 23.9 Å². The Kier molecular flexibility index (Phi) is 8.12. The predicted octanol–water partition coefficient (Wildman–Crippen LogP) is 8.06. The molecule has 3 aromatic carbocycles. The van der Waals surface area contributed by atoms with Crippen molar-refractivity contribution < 1.29 is 31.4 Å². The summed E-state index contributed by atoms with van der Waals surface area (Å²) < 4.78 is 88.0. The van der Waals surface area contributed by atoms with Crippen LogP contribution in [-0.4, -0.2) is 65.9 Å². The second-order valence-electron chi connectivity index (χ2n) is 12.8. The Balaban J connectivity index is 1.38. The smallest absolute Gasteiger partial charge is 0.319 e. The van der Waals surface area contributed by atoms with E-state index in [-0.39, 0.29) is 91.5 Å². The van der Waals surface area contributed by atoms with Gasteiger partial charge in [-0.3, -0.25) is 4.90 Å². The van der Waals surface area contributed by atoms with E-state index in [4.69, 9.17) is 26.8 Å². The van der Waals surface area contributed by atoms with Crippen LogP contribution >= 0.6 is 22.9 Å². The highest BCUT2D eigenvalue weighted by molar-refractivity contribution is 7.23. The van der Waals surface area contributed by atoms with Crippen molar-refractivity contribution in [3.05, 3.63) is 70.2 Å². The average molecular weight is 727 g/mol. The van der Waals surface area contributed by atoms with Crippen molar-refractivity contribution in [3.63, 3.8) is 0 Å². The van der Waals surface area contributed by atoms with Gasteiger partial charge in [0.05, 0.1) is 38.8 Å². The van der Waals surface area contributed by atoms with Gasteiger partial charge in [-0.1, -0.05) is 48.0 Å². The van der Waals surface area contributed by atoms with E-state index in [1.54, 1.807) is 30.3 Å². The minimum absolute atomic E-state index is 0.000947. The Bertz CT molecular complexity index is 2200. The molecule has 2 saturated heterocycles. The first-order chi connectivity index (χ1) is 24.1. The molecular weight excluding hydrogens is 699 g/mol. The van der Waals surface area contributed by atoms with E-state index in [0.29, 0.717) is 18.5 Å². The molecular formula is C35H28ClF5N6O2S. The predicted molar refractivity (Wildman–Crippen MR) is 181 cm³/mol. The molecule has 0 radical (unpaired) electrons. The third-order valence-electron chi connectivity index (χ3n) is 9.93. The zero-order valence-corrected chi connectivity index (χ0v) is 27.8. The number of aromatic nitrogens is 2. The summed E-state index contributed by atoms with van der Waals surface area (Å²) in [6, 6.07) is 12.1. The number of alkyl halides is 3. The van der Waals surface area contributed by atoms with E-state index in [1.807, 2.05) is 11.0 Å². The molecule has 0 aliphatic carbocycles. The van der Waals surface area contributed by atoms with Crippen molar-refractivity contribution in [3.8, 4) is 29.0 Å². The number of hydrogen-bond donors (Lipinski definition) is 1. The van der Waals surface area contributed by atoms with E-state index < -0.39 is 42.4 Å². The number of thiophene rings is 1. The molecule has 5 heterocycles. The minimum Gasteiger partial charge on any atom is -0.489 e. The molecule has 8 rings (SSSR count). The Morgan fingerprint density at radius 1 is 1.16 bits per heavy atom. The van der Waals surface area contributed by atoms with Crippen LogP contribution in [0.25, 0.3) is 32.1 Å². The fourth-order valence-corrected chi connectivity index (χ4v) is 9.03. The normalized spacial score (nSPS) is 21.8. The Morgan fingerprint density at radius 2 is 1.96 bits per heavy atom. The third kappa shape index (κ3) is 5.17. The molecule has 0 amide bonds. The van der Waals surface area contributed by atoms with Gasteiger partial charge in [-0.05, 0) is 36.6 Å². The number of nitrogens with zero attached hydrogens (tertiary/aromatic N) is 5. The first-order valence-electron chi connectivity index (χ1n) is 16.0. The number of nitrogens with two attached hydrogens (primary N) is 1. The molecule has 258 valence electrons. The van der Waals surface area contributed by atoms with Crippen molar-refractivity contribution in [2.45, 2.75) is 43.4 Å². The quantitative estimate of drug-likeness (QED) is 0.168. The second-order valence-corrected chi connectivity index (χ2v) is 14.2. The highest BCUT2D eigenvalue weighted by Gasteiger charge is 2.49. The summed E-state index contributed by atoms with van der Waals surface area (Å²) in [5.74, 6) is -1.82. The first kappa shape index (κ1) is 32.7. The van der Waals surface area contributed by atoms with E-state index in [2.05, 4.69) is 9.97 Å². The zero-order chi connectivity index (χ0) is 34.9. The van der Waals surface area contributed by atoms with Gasteiger partial charge in [-0.2, -0.15) is 15.2 Å². The summed E-state index contributed by atoms with van der Waals surface area (Å²) in [6.45, 7) is -0.00877. The van der Waals surface area contributed by atoms with Crippen LogP contribution in [0, 0.1) is 23.0 Å². The number of anilines is 2. The summed E-state index contributed by atoms with van der Waals surface area (Å²) in [5, 5.41) is 9.73. The minimum atomic E-state index is -2.83. The number of halogens is 6. The molecule has 15 heteroatoms. The summed E-state index contributed by atoms with van der Waals surface area (Å²) in [7, 11) is 0. The van der Waals surface area contributed by atoms with Gasteiger partial charge in [-0.15, -0.1) is 11.3 Å². The van der Waals surface area contributed by atoms with E-state index >= 15 is 8.78 Å². The van der Waals surface area contributed by atoms with Gasteiger partial charge in [0.25, 0.3) is 6.43 Å². The Hall–Kier alpha value is -4.45. The van der Waals surface area contributed by atoms with E-state index in [9.17, 15) is 18.4 Å². The van der Waals surface area contributed by atoms with Gasteiger partial charge in [0.15, 0.2) is 11.6 Å². The lowest BCUT2D eigenvalue weighted by atomic mass is 9.95. The van der Waals surface area contributed by atoms with Crippen LogP contribution in [0.5, 0.6) is 11.8 Å². The number of rotatable bonds is 7. The van der Waals surface area contributed by atoms with Crippen LogP contribution in [-0.2, 0) is 0 Å². The number of hydrogen-bond acceptors (Lipinski definition) is 9. The maximum absolute atomic E-state index is 17.2. The zero-order valence-electron chi connectivity index (χ0n) is 26.2. The van der Waals surface area contributed by atoms with Crippen molar-refractivity contribution in [2.75, 3.05) is 43.5 Å². The van der Waals surface area contributed by atoms with Crippen LogP contribution in [0.1, 0.15) is 36.4 Å². The molecule has 0 unspecified atom stereocenters. The van der Waals surface area contributed by atoms with Gasteiger partial charge in [0.1, 0.15) is 47.6 Å². The van der Waals surface area contributed by atoms with Crippen LogP contribution in [0.2, 0.25) is 5.02 Å². The molecule has 8 nitrogen and oxygen atoms in total. The summed E-state index contributed by atoms with van der Waals surface area (Å²) in [4.78, 5) is 12.4. The highest BCUT2D eigenvalue weighted by atomic mass is 35.5. The molecule has 3 atom stereocenters. The van der Waals surface area contributed by atoms with Crippen molar-refractivity contribution in [2.24, 2.45) is 0 Å². The Labute approximate surface area is 291 Å². The molecule has 3 aliphatic heterocycles. The topological polar surface area (TPSA) is 101 Å². The molecule has 2 fully saturated rings. The molecule has 2 aromatic heterocycles. The number of fused-ring (bicyclic) bond motifs is 2. The van der Waals surface area contributed by atoms with Crippen molar-refractivity contribution in [1.29, 1.82) is 5.26 Å². The monoisotopic (exact) mass is 726 g/mol. The maximum Gasteiger partial charge on any atom is 0.319 e. The lowest BCUT2D eigenvalue weighted by Crippen LogP contribution is -2.43. The average Bonchev–Trinajstić information content (AvgIpc) is 3.71. The van der Waals surface area contributed by atoms with Gasteiger partial charge >= 0.3 is 6.01 Å². The molecule has 50 heavy (non-hydrogen) atoms. The standard InChI is InChI=1S/C35H28ClF5N6O2S/c36-27-25(19-7-8-21(38)31-24(19)20(12-42)32(43)50-31)28(41)29-26-30(27)48-15-22(17-5-2-1-3-6-17)47(14-23(39)40)33(26)45-34(44-29)49-16-35-9-4-10-46(35)13-18(37)11-35/h1-3,5-8,18,22-23H,4,9-11,13-16,43H2/t18-,22-,35+/m1/s1. The van der Waals surface area contributed by atoms with Crippen LogP contribution < -0.4 is 20.1 Å². The van der Waals surface area contributed by atoms with Crippen molar-refractivity contribution in [1.82, 2.24) is 14.9 Å². The van der Waals surface area contributed by atoms with Crippen molar-refractivity contribution >= 4 is 54.7 Å². The molecule has 0 spiro atoms. The number of ether oxygens (including phenoxy) is 2. The lowest BCUT2D eigenvalue weighted by Gasteiger charge is -2.32. The molecule has 3 aliphatic rings. The molecule has 2 N–H and O–H groups in total. The number of nitriles is 1. The van der Waals surface area contributed by atoms with Gasteiger partial charge in [-0.25, -0.2) is 22.0 Å². The summed E-state index contributed by atoms with van der Waals surface area (Å²) in [5.41, 5.74) is 5.51. The second kappa shape index (κ2) is 12.4. The summed E-state index contributed by atoms with van der Waals surface area (Å²) in [6.07, 6.45) is -2.09. The Morgan fingerprint density at radius 3 is 2.72 bits per heavy atom. The molecule has 0 saturated carbocycles.